The summed E-state index contributed by atoms with van der Waals surface area (Å²) in [6, 6.07) is 0. The van der Waals surface area contributed by atoms with Crippen LogP contribution in [-0.2, 0) is 0 Å². The third kappa shape index (κ3) is 14.1. The van der Waals surface area contributed by atoms with E-state index in [0.29, 0.717) is 21.7 Å². The first kappa shape index (κ1) is 49.0. The van der Waals surface area contributed by atoms with Gasteiger partial charge in [0.2, 0.25) is 0 Å². The van der Waals surface area contributed by atoms with Crippen molar-refractivity contribution in [3.05, 3.63) is 0 Å². The molecule has 0 aromatic heterocycles. The van der Waals surface area contributed by atoms with Crippen LogP contribution in [0, 0.1) is 27.1 Å². The second kappa shape index (κ2) is 21.7. The van der Waals surface area contributed by atoms with Crippen LogP contribution in [0.5, 0.6) is 0 Å². The maximum atomic E-state index is 2.52. The van der Waals surface area contributed by atoms with Crippen LogP contribution in [-0.4, -0.2) is 250 Å². The fraction of sp³-hybridized carbons (Fsp3) is 1.00. The van der Waals surface area contributed by atoms with Crippen LogP contribution in [0.3, 0.4) is 0 Å². The van der Waals surface area contributed by atoms with Gasteiger partial charge in [-0.25, -0.2) is 0 Å². The summed E-state index contributed by atoms with van der Waals surface area (Å²) in [4.78, 5) is 24.8. The highest BCUT2D eigenvalue weighted by atomic mass is 15.2. The minimum absolute atomic E-state index is 0.668. The van der Waals surface area contributed by atoms with Crippen molar-refractivity contribution in [2.75, 3.05) is 201 Å². The van der Waals surface area contributed by atoms with Crippen molar-refractivity contribution < 1.29 is 0 Å². The predicted molar refractivity (Wildman–Crippen MR) is 256 cm³/mol. The van der Waals surface area contributed by atoms with E-state index in [-0.39, 0.29) is 0 Å². The molecule has 10 aliphatic rings. The Balaban J connectivity index is 0.000000126. The van der Waals surface area contributed by atoms with Gasteiger partial charge in [0, 0.05) is 52.4 Å². The zero-order valence-electron chi connectivity index (χ0n) is 41.7. The molecule has 0 radical (unpaired) electrons. The second-order valence-electron chi connectivity index (χ2n) is 24.1. The van der Waals surface area contributed by atoms with Crippen molar-refractivity contribution in [2.45, 2.75) is 96.3 Å². The van der Waals surface area contributed by atoms with E-state index in [0.717, 1.165) is 5.41 Å². The Labute approximate surface area is 372 Å². The maximum absolute atomic E-state index is 2.52. The van der Waals surface area contributed by atoms with Crippen LogP contribution in [0.15, 0.2) is 0 Å². The molecule has 10 rings (SSSR count). The van der Waals surface area contributed by atoms with E-state index in [1.54, 1.807) is 0 Å². The van der Waals surface area contributed by atoms with E-state index in [4.69, 9.17) is 0 Å². The SMILES string of the molecule is CN1CCC2(CC1)CCN(C)C2.CN1CCC2(CC1)CN(C)C2.CN1CCC2(CCCN(C)C2)CC1.CN1CCCC2(CCN(C)C2)C1.CN1CCCC2(CCN(C)C2)C1. The highest BCUT2D eigenvalue weighted by molar-refractivity contribution is 4.97. The van der Waals surface area contributed by atoms with Crippen molar-refractivity contribution in [1.82, 2.24) is 49.0 Å². The smallest absolute Gasteiger partial charge is 0.00484 e. The normalized spacial score (nSPS) is 34.7. The first-order chi connectivity index (χ1) is 28.5. The van der Waals surface area contributed by atoms with Gasteiger partial charge in [-0.1, -0.05) is 0 Å². The van der Waals surface area contributed by atoms with Crippen molar-refractivity contribution >= 4 is 0 Å². The van der Waals surface area contributed by atoms with Crippen molar-refractivity contribution in [3.8, 4) is 0 Å². The monoisotopic (exact) mass is 841 g/mol. The molecule has 0 aliphatic carbocycles. The van der Waals surface area contributed by atoms with Crippen molar-refractivity contribution in [2.24, 2.45) is 27.1 Å². The van der Waals surface area contributed by atoms with Gasteiger partial charge in [0.1, 0.15) is 0 Å². The highest BCUT2D eigenvalue weighted by Crippen LogP contribution is 2.42. The van der Waals surface area contributed by atoms with Crippen LogP contribution in [0.2, 0.25) is 0 Å². The summed E-state index contributed by atoms with van der Waals surface area (Å²) < 4.78 is 0. The summed E-state index contributed by atoms with van der Waals surface area (Å²) >= 11 is 0. The van der Waals surface area contributed by atoms with E-state index < -0.39 is 0 Å². The van der Waals surface area contributed by atoms with E-state index >= 15 is 0 Å². The predicted octanol–water partition coefficient (Wildman–Crippen LogP) is 5.17. The quantitative estimate of drug-likeness (QED) is 0.326. The van der Waals surface area contributed by atoms with Crippen LogP contribution in [0.1, 0.15) is 96.3 Å². The molecule has 0 bridgehead atoms. The van der Waals surface area contributed by atoms with Crippen molar-refractivity contribution in [1.29, 1.82) is 0 Å². The first-order valence-electron chi connectivity index (χ1n) is 25.4. The third-order valence-electron chi connectivity index (χ3n) is 17.8. The standard InChI is InChI=1S/C11H22N2.3C10H20N2.C9H18N2/c1-12-8-5-11(6-9-12)4-3-7-13(2)10-11;1-11-6-3-10(4-7-11)5-8-12(2)9-10;2*1-11-6-3-4-10(8-11)5-7-12(2)9-10;1-10-5-3-9(4-6-10)7-11(2)8-9/h3-10H2,1-2H3;3*3-9H2,1-2H3;3-8H2,1-2H3. The number of piperidine rings is 6. The molecule has 0 N–H and O–H groups in total. The fourth-order valence-electron chi connectivity index (χ4n) is 14.0. The molecule has 10 aliphatic heterocycles. The van der Waals surface area contributed by atoms with Gasteiger partial charge in [-0.3, -0.25) is 0 Å². The van der Waals surface area contributed by atoms with Crippen LogP contribution < -0.4 is 0 Å². The number of rotatable bonds is 0. The summed E-state index contributed by atoms with van der Waals surface area (Å²) in [6.45, 7) is 26.5. The Kier molecular flexibility index (Phi) is 17.8. The van der Waals surface area contributed by atoms with E-state index in [9.17, 15) is 0 Å². The van der Waals surface area contributed by atoms with E-state index in [2.05, 4.69) is 119 Å². The fourth-order valence-corrected chi connectivity index (χ4v) is 14.0. The zero-order chi connectivity index (χ0) is 43.0. The largest absolute Gasteiger partial charge is 0.306 e. The summed E-state index contributed by atoms with van der Waals surface area (Å²) in [5, 5.41) is 0. The molecule has 5 spiro atoms. The molecule has 10 fully saturated rings. The molecular formula is C50H100N10. The van der Waals surface area contributed by atoms with Crippen LogP contribution in [0.25, 0.3) is 0 Å². The van der Waals surface area contributed by atoms with Crippen LogP contribution in [0.4, 0.5) is 0 Å². The number of likely N-dealkylation sites (tertiary alicyclic amines) is 10. The van der Waals surface area contributed by atoms with Gasteiger partial charge in [0.25, 0.3) is 0 Å². The summed E-state index contributed by atoms with van der Waals surface area (Å²) in [5.74, 6) is 0. The van der Waals surface area contributed by atoms with Gasteiger partial charge in [0.05, 0.1) is 0 Å². The minimum atomic E-state index is 0.668. The molecule has 10 nitrogen and oxygen atoms in total. The molecular weight excluding hydrogens is 741 g/mol. The maximum Gasteiger partial charge on any atom is 0.00484 e. The molecule has 0 amide bonds. The number of hydrogen-bond acceptors (Lipinski definition) is 10. The third-order valence-corrected chi connectivity index (χ3v) is 17.8. The number of nitrogens with zero attached hydrogens (tertiary/aromatic N) is 10. The molecule has 0 aromatic rings. The van der Waals surface area contributed by atoms with Crippen molar-refractivity contribution in [3.63, 3.8) is 0 Å². The average molecular weight is 841 g/mol. The number of hydrogen-bond donors (Lipinski definition) is 0. The Morgan fingerprint density at radius 1 is 0.183 bits per heavy atom. The highest BCUT2D eigenvalue weighted by Gasteiger charge is 2.43. The van der Waals surface area contributed by atoms with Gasteiger partial charge in [-0.2, -0.15) is 0 Å². The average Bonchev–Trinajstić information content (AvgIpc) is 3.87. The molecule has 10 saturated heterocycles. The Morgan fingerprint density at radius 2 is 0.367 bits per heavy atom. The van der Waals surface area contributed by atoms with Crippen LogP contribution >= 0.6 is 0 Å². The lowest BCUT2D eigenvalue weighted by Gasteiger charge is -2.52. The Bertz CT molecular complexity index is 1200. The summed E-state index contributed by atoms with van der Waals surface area (Å²) in [7, 11) is 22.5. The second-order valence-corrected chi connectivity index (χ2v) is 24.1. The molecule has 2 unspecified atom stereocenters. The topological polar surface area (TPSA) is 32.4 Å². The minimum Gasteiger partial charge on any atom is -0.306 e. The van der Waals surface area contributed by atoms with Gasteiger partial charge < -0.3 is 49.0 Å². The lowest BCUT2D eigenvalue weighted by atomic mass is 9.72. The van der Waals surface area contributed by atoms with Gasteiger partial charge in [-0.05, 0) is 272 Å². The van der Waals surface area contributed by atoms with Gasteiger partial charge in [-0.15, -0.1) is 0 Å². The Morgan fingerprint density at radius 3 is 0.633 bits per heavy atom. The molecule has 10 heterocycles. The lowest BCUT2D eigenvalue weighted by molar-refractivity contribution is -0.0264. The molecule has 0 aromatic carbocycles. The molecule has 10 heteroatoms. The molecule has 350 valence electrons. The zero-order valence-corrected chi connectivity index (χ0v) is 41.7. The van der Waals surface area contributed by atoms with Gasteiger partial charge >= 0.3 is 0 Å². The summed E-state index contributed by atoms with van der Waals surface area (Å²) in [6.07, 6.45) is 21.5. The summed E-state index contributed by atoms with van der Waals surface area (Å²) in [5.41, 5.74) is 3.48. The molecule has 2 atom stereocenters. The first-order valence-corrected chi connectivity index (χ1v) is 25.4. The van der Waals surface area contributed by atoms with Gasteiger partial charge in [0.15, 0.2) is 0 Å². The molecule has 60 heavy (non-hydrogen) atoms. The van der Waals surface area contributed by atoms with E-state index in [1.165, 1.54) is 227 Å². The lowest BCUT2D eigenvalue weighted by Crippen LogP contribution is -2.58. The Hall–Kier alpha value is -0.400. The van der Waals surface area contributed by atoms with E-state index in [1.807, 2.05) is 0 Å². The molecule has 0 saturated carbocycles.